The fourth-order valence-corrected chi connectivity index (χ4v) is 3.13. The van der Waals surface area contributed by atoms with Crippen LogP contribution >= 0.6 is 11.3 Å². The van der Waals surface area contributed by atoms with Crippen LogP contribution in [0.2, 0.25) is 0 Å². The highest BCUT2D eigenvalue weighted by Gasteiger charge is 2.20. The van der Waals surface area contributed by atoms with E-state index in [0.29, 0.717) is 11.3 Å². The molecule has 0 aliphatic carbocycles. The fourth-order valence-electron chi connectivity index (χ4n) is 2.44. The number of rotatable bonds is 2. The van der Waals surface area contributed by atoms with Gasteiger partial charge >= 0.3 is 0 Å². The lowest BCUT2D eigenvalue weighted by Gasteiger charge is -2.36. The third kappa shape index (κ3) is 2.28. The van der Waals surface area contributed by atoms with E-state index in [-0.39, 0.29) is 0 Å². The summed E-state index contributed by atoms with van der Waals surface area (Å²) in [5.41, 5.74) is 8.15. The van der Waals surface area contributed by atoms with E-state index in [2.05, 4.69) is 20.9 Å². The topological polar surface area (TPSA) is 69.2 Å². The smallest absolute Gasteiger partial charge is 0.185 e. The van der Waals surface area contributed by atoms with Gasteiger partial charge in [0.05, 0.1) is 16.9 Å². The van der Waals surface area contributed by atoms with Crippen molar-refractivity contribution in [2.45, 2.75) is 0 Å². The maximum absolute atomic E-state index is 9.04. The zero-order chi connectivity index (χ0) is 13.9. The molecule has 2 N–H and O–H groups in total. The predicted octanol–water partition coefficient (Wildman–Crippen LogP) is 1.92. The quantitative estimate of drug-likeness (QED) is 0.854. The largest absolute Gasteiger partial charge is 0.396 e. The Morgan fingerprint density at radius 3 is 2.60 bits per heavy atom. The molecule has 1 aromatic carbocycles. The summed E-state index contributed by atoms with van der Waals surface area (Å²) in [5.74, 6) is 0. The summed E-state index contributed by atoms with van der Waals surface area (Å²) in [4.78, 5) is 8.86. The number of aromatic nitrogens is 1. The van der Waals surface area contributed by atoms with Crippen molar-refractivity contribution in [1.82, 2.24) is 4.98 Å². The van der Waals surface area contributed by atoms with E-state index in [1.807, 2.05) is 23.7 Å². The Hall–Kier alpha value is -2.26. The molecule has 0 saturated carbocycles. The summed E-state index contributed by atoms with van der Waals surface area (Å²) in [7, 11) is 0. The molecule has 102 valence electrons. The molecule has 0 radical (unpaired) electrons. The monoisotopic (exact) mass is 285 g/mol. The Balaban J connectivity index is 1.74. The van der Waals surface area contributed by atoms with Crippen LogP contribution in [0.5, 0.6) is 0 Å². The maximum Gasteiger partial charge on any atom is 0.185 e. The second-order valence-electron chi connectivity index (χ2n) is 4.64. The van der Waals surface area contributed by atoms with Crippen molar-refractivity contribution in [3.05, 3.63) is 35.3 Å². The van der Waals surface area contributed by atoms with E-state index < -0.39 is 0 Å². The lowest BCUT2D eigenvalue weighted by atomic mass is 10.1. The number of anilines is 3. The maximum atomic E-state index is 9.04. The summed E-state index contributed by atoms with van der Waals surface area (Å²) < 4.78 is 0. The molecule has 0 unspecified atom stereocenters. The molecule has 2 aromatic rings. The Labute approximate surface area is 121 Å². The van der Waals surface area contributed by atoms with Crippen LogP contribution in [0.3, 0.4) is 0 Å². The van der Waals surface area contributed by atoms with Gasteiger partial charge in [0.1, 0.15) is 6.07 Å². The standard InChI is InChI=1S/C14H15N5S/c15-10-11-2-1-3-12(13(11)16)18-5-7-19(8-6-18)14-17-4-9-20-14/h1-4,9H,5-8,16H2. The predicted molar refractivity (Wildman–Crippen MR) is 82.1 cm³/mol. The first-order valence-electron chi connectivity index (χ1n) is 6.47. The first-order valence-corrected chi connectivity index (χ1v) is 7.35. The first-order chi connectivity index (χ1) is 9.79. The Bertz CT molecular complexity index is 624. The molecule has 1 fully saturated rings. The lowest BCUT2D eigenvalue weighted by Crippen LogP contribution is -2.46. The zero-order valence-electron chi connectivity index (χ0n) is 11.0. The summed E-state index contributed by atoms with van der Waals surface area (Å²) in [6.45, 7) is 3.62. The highest BCUT2D eigenvalue weighted by Crippen LogP contribution is 2.28. The second-order valence-corrected chi connectivity index (χ2v) is 5.51. The van der Waals surface area contributed by atoms with Gasteiger partial charge in [0.2, 0.25) is 0 Å². The van der Waals surface area contributed by atoms with E-state index in [1.54, 1.807) is 17.4 Å². The number of nitriles is 1. The number of hydrogen-bond acceptors (Lipinski definition) is 6. The third-order valence-corrected chi connectivity index (χ3v) is 4.35. The van der Waals surface area contributed by atoms with Crippen molar-refractivity contribution < 1.29 is 0 Å². The van der Waals surface area contributed by atoms with E-state index in [0.717, 1.165) is 37.0 Å². The van der Waals surface area contributed by atoms with Crippen LogP contribution in [-0.4, -0.2) is 31.2 Å². The highest BCUT2D eigenvalue weighted by molar-refractivity contribution is 7.13. The molecule has 1 aliphatic heterocycles. The van der Waals surface area contributed by atoms with Crippen molar-refractivity contribution in [2.75, 3.05) is 41.7 Å². The van der Waals surface area contributed by atoms with Gasteiger partial charge in [0.15, 0.2) is 5.13 Å². The molecular weight excluding hydrogens is 270 g/mol. The normalized spacial score (nSPS) is 15.2. The molecule has 20 heavy (non-hydrogen) atoms. The molecular formula is C14H15N5S. The van der Waals surface area contributed by atoms with Gasteiger partial charge in [0.25, 0.3) is 0 Å². The molecule has 2 heterocycles. The molecule has 1 saturated heterocycles. The van der Waals surface area contributed by atoms with Gasteiger partial charge in [-0.15, -0.1) is 11.3 Å². The van der Waals surface area contributed by atoms with Crippen molar-refractivity contribution in [3.8, 4) is 6.07 Å². The summed E-state index contributed by atoms with van der Waals surface area (Å²) in [5, 5.41) is 12.1. The van der Waals surface area contributed by atoms with Crippen LogP contribution in [0.1, 0.15) is 5.56 Å². The van der Waals surface area contributed by atoms with Crippen molar-refractivity contribution in [2.24, 2.45) is 0 Å². The number of nitrogens with zero attached hydrogens (tertiary/aromatic N) is 4. The van der Waals surface area contributed by atoms with Crippen LogP contribution in [0.25, 0.3) is 0 Å². The van der Waals surface area contributed by atoms with Crippen LogP contribution in [-0.2, 0) is 0 Å². The first kappa shape index (κ1) is 12.8. The molecule has 0 bridgehead atoms. The van der Waals surface area contributed by atoms with E-state index in [9.17, 15) is 0 Å². The van der Waals surface area contributed by atoms with Gasteiger partial charge in [-0.1, -0.05) is 6.07 Å². The minimum atomic E-state index is 0.546. The molecule has 0 spiro atoms. The third-order valence-electron chi connectivity index (χ3n) is 3.51. The van der Waals surface area contributed by atoms with Gasteiger partial charge in [-0.25, -0.2) is 4.98 Å². The molecule has 0 atom stereocenters. The van der Waals surface area contributed by atoms with E-state index in [4.69, 9.17) is 11.0 Å². The Kier molecular flexibility index (Phi) is 3.44. The number of thiazole rings is 1. The molecule has 6 heteroatoms. The molecule has 1 aromatic heterocycles. The minimum absolute atomic E-state index is 0.546. The second kappa shape index (κ2) is 5.39. The molecule has 3 rings (SSSR count). The summed E-state index contributed by atoms with van der Waals surface area (Å²) in [6.07, 6.45) is 1.83. The van der Waals surface area contributed by atoms with Gasteiger partial charge in [-0.05, 0) is 12.1 Å². The fraction of sp³-hybridized carbons (Fsp3) is 0.286. The minimum Gasteiger partial charge on any atom is -0.396 e. The molecule has 0 amide bonds. The molecule has 5 nitrogen and oxygen atoms in total. The van der Waals surface area contributed by atoms with E-state index in [1.165, 1.54) is 0 Å². The van der Waals surface area contributed by atoms with Crippen molar-refractivity contribution >= 4 is 27.8 Å². The number of benzene rings is 1. The highest BCUT2D eigenvalue weighted by atomic mass is 32.1. The van der Waals surface area contributed by atoms with Crippen LogP contribution in [0.4, 0.5) is 16.5 Å². The number of hydrogen-bond donors (Lipinski definition) is 1. The lowest BCUT2D eigenvalue weighted by molar-refractivity contribution is 0.652. The summed E-state index contributed by atoms with van der Waals surface area (Å²) in [6, 6.07) is 7.76. The SMILES string of the molecule is N#Cc1cccc(N2CCN(c3nccs3)CC2)c1N. The van der Waals surface area contributed by atoms with Crippen LogP contribution < -0.4 is 15.5 Å². The number of nitrogen functional groups attached to an aromatic ring is 1. The van der Waals surface area contributed by atoms with Crippen LogP contribution in [0.15, 0.2) is 29.8 Å². The van der Waals surface area contributed by atoms with Crippen molar-refractivity contribution in [3.63, 3.8) is 0 Å². The van der Waals surface area contributed by atoms with Gasteiger partial charge in [-0.2, -0.15) is 5.26 Å². The van der Waals surface area contributed by atoms with Gasteiger partial charge in [0, 0.05) is 37.8 Å². The van der Waals surface area contributed by atoms with Gasteiger partial charge in [-0.3, -0.25) is 0 Å². The Morgan fingerprint density at radius 2 is 1.95 bits per heavy atom. The number of piperazine rings is 1. The summed E-state index contributed by atoms with van der Waals surface area (Å²) >= 11 is 1.66. The van der Waals surface area contributed by atoms with E-state index >= 15 is 0 Å². The number of nitrogens with two attached hydrogens (primary N) is 1. The van der Waals surface area contributed by atoms with Crippen molar-refractivity contribution in [1.29, 1.82) is 5.26 Å². The van der Waals surface area contributed by atoms with Gasteiger partial charge < -0.3 is 15.5 Å². The average molecular weight is 285 g/mol. The van der Waals surface area contributed by atoms with Crippen LogP contribution in [0, 0.1) is 11.3 Å². The zero-order valence-corrected chi connectivity index (χ0v) is 11.8. The average Bonchev–Trinajstić information content (AvgIpc) is 3.02. The molecule has 1 aliphatic rings. The number of para-hydroxylation sites is 1. The Morgan fingerprint density at radius 1 is 1.20 bits per heavy atom.